The van der Waals surface area contributed by atoms with Gasteiger partial charge in [-0.1, -0.05) is 72.8 Å². The molecule has 30 heavy (non-hydrogen) atoms. The van der Waals surface area contributed by atoms with Crippen molar-refractivity contribution in [3.63, 3.8) is 0 Å². The van der Waals surface area contributed by atoms with Crippen molar-refractivity contribution < 1.29 is 4.79 Å². The molecule has 1 fully saturated rings. The Balaban J connectivity index is 1.27. The number of aromatic amines is 1. The molecule has 0 spiro atoms. The van der Waals surface area contributed by atoms with Crippen LogP contribution in [0, 0.1) is 0 Å². The van der Waals surface area contributed by atoms with E-state index in [1.807, 2.05) is 60.7 Å². The number of rotatable bonds is 5. The van der Waals surface area contributed by atoms with Crippen molar-refractivity contribution in [2.75, 3.05) is 0 Å². The molecular formula is C25H21N3O2. The lowest BCUT2D eigenvalue weighted by Gasteiger charge is -2.08. The van der Waals surface area contributed by atoms with E-state index in [0.717, 1.165) is 28.6 Å². The molecule has 1 saturated carbocycles. The lowest BCUT2D eigenvalue weighted by atomic mass is 10.0. The molecule has 0 radical (unpaired) electrons. The van der Waals surface area contributed by atoms with E-state index >= 15 is 0 Å². The van der Waals surface area contributed by atoms with Crippen molar-refractivity contribution in [2.45, 2.75) is 24.8 Å². The minimum Gasteiger partial charge on any atom is -0.352 e. The number of H-pyrrole nitrogens is 1. The number of hydrogen-bond donors (Lipinski definition) is 2. The van der Waals surface area contributed by atoms with Crippen LogP contribution >= 0.6 is 0 Å². The molecule has 0 unspecified atom stereocenters. The predicted octanol–water partition coefficient (Wildman–Crippen LogP) is 3.80. The van der Waals surface area contributed by atoms with Gasteiger partial charge in [0.25, 0.3) is 5.56 Å². The normalized spacial score (nSPS) is 17.6. The molecule has 5 heteroatoms. The highest BCUT2D eigenvalue weighted by molar-refractivity contribution is 5.93. The third-order valence-corrected chi connectivity index (χ3v) is 5.65. The van der Waals surface area contributed by atoms with E-state index in [9.17, 15) is 9.59 Å². The first-order chi connectivity index (χ1) is 14.7. The van der Waals surface area contributed by atoms with Crippen molar-refractivity contribution >= 4 is 16.7 Å². The molecule has 0 saturated heterocycles. The summed E-state index contributed by atoms with van der Waals surface area (Å²) in [6.07, 6.45) is 1.34. The first-order valence-corrected chi connectivity index (χ1v) is 10.1. The van der Waals surface area contributed by atoms with Crippen molar-refractivity contribution in [1.82, 2.24) is 15.5 Å². The molecule has 2 atom stereocenters. The Morgan fingerprint density at radius 3 is 2.40 bits per heavy atom. The molecule has 5 nitrogen and oxygen atoms in total. The van der Waals surface area contributed by atoms with Gasteiger partial charge in [0.2, 0.25) is 5.91 Å². The summed E-state index contributed by atoms with van der Waals surface area (Å²) in [6, 6.07) is 25.7. The molecule has 1 aliphatic rings. The standard InChI is InChI=1S/C25H21N3O2/c29-23(26-22-15-21(22)17-6-2-1-3-7-17)14-16-10-12-18(13-11-16)24-19-8-4-5-9-20(19)25(30)28-27-24/h1-13,21-22H,14-15H2,(H,26,29)(H,28,30)/t21-,22+/m1/s1. The predicted molar refractivity (Wildman–Crippen MR) is 117 cm³/mol. The molecular weight excluding hydrogens is 374 g/mol. The van der Waals surface area contributed by atoms with Crippen LogP contribution in [0.4, 0.5) is 0 Å². The second-order valence-electron chi connectivity index (χ2n) is 7.75. The van der Waals surface area contributed by atoms with Gasteiger partial charge >= 0.3 is 0 Å². The van der Waals surface area contributed by atoms with Gasteiger partial charge in [-0.2, -0.15) is 5.10 Å². The number of hydrogen-bond acceptors (Lipinski definition) is 3. The van der Waals surface area contributed by atoms with E-state index in [1.54, 1.807) is 6.07 Å². The van der Waals surface area contributed by atoms with Gasteiger partial charge in [-0.15, -0.1) is 0 Å². The smallest absolute Gasteiger partial charge is 0.272 e. The third kappa shape index (κ3) is 3.62. The number of amides is 1. The molecule has 1 aromatic heterocycles. The molecule has 3 aromatic carbocycles. The topological polar surface area (TPSA) is 74.8 Å². The highest BCUT2D eigenvalue weighted by Gasteiger charge is 2.39. The summed E-state index contributed by atoms with van der Waals surface area (Å²) in [7, 11) is 0. The lowest BCUT2D eigenvalue weighted by Crippen LogP contribution is -2.28. The van der Waals surface area contributed by atoms with E-state index in [1.165, 1.54) is 5.56 Å². The molecule has 1 aliphatic carbocycles. The van der Waals surface area contributed by atoms with Gasteiger partial charge in [0.15, 0.2) is 0 Å². The average Bonchev–Trinajstić information content (AvgIpc) is 3.54. The molecule has 1 amide bonds. The maximum atomic E-state index is 12.4. The molecule has 2 N–H and O–H groups in total. The maximum absolute atomic E-state index is 12.4. The van der Waals surface area contributed by atoms with Crippen LogP contribution in [0.5, 0.6) is 0 Å². The number of benzene rings is 3. The van der Waals surface area contributed by atoms with E-state index in [4.69, 9.17) is 0 Å². The Kier molecular flexibility index (Phi) is 4.64. The van der Waals surface area contributed by atoms with Crippen LogP contribution < -0.4 is 10.9 Å². The van der Waals surface area contributed by atoms with Crippen molar-refractivity contribution in [3.05, 3.63) is 100 Å². The monoisotopic (exact) mass is 395 g/mol. The molecule has 0 aliphatic heterocycles. The van der Waals surface area contributed by atoms with Gasteiger partial charge < -0.3 is 5.32 Å². The van der Waals surface area contributed by atoms with Crippen LogP contribution in [0.25, 0.3) is 22.0 Å². The number of nitrogens with zero attached hydrogens (tertiary/aromatic N) is 1. The fraction of sp³-hybridized carbons (Fsp3) is 0.160. The van der Waals surface area contributed by atoms with Gasteiger partial charge in [-0.05, 0) is 23.6 Å². The Morgan fingerprint density at radius 1 is 0.933 bits per heavy atom. The summed E-state index contributed by atoms with van der Waals surface area (Å²) in [6.45, 7) is 0. The average molecular weight is 395 g/mol. The van der Waals surface area contributed by atoms with Crippen LogP contribution in [0.1, 0.15) is 23.5 Å². The van der Waals surface area contributed by atoms with E-state index < -0.39 is 0 Å². The number of aromatic nitrogens is 2. The van der Waals surface area contributed by atoms with Crippen LogP contribution in [0.2, 0.25) is 0 Å². The minimum absolute atomic E-state index is 0.0406. The van der Waals surface area contributed by atoms with Crippen LogP contribution in [0.3, 0.4) is 0 Å². The molecule has 4 aromatic rings. The second-order valence-corrected chi connectivity index (χ2v) is 7.75. The largest absolute Gasteiger partial charge is 0.352 e. The maximum Gasteiger partial charge on any atom is 0.272 e. The zero-order valence-electron chi connectivity index (χ0n) is 16.3. The van der Waals surface area contributed by atoms with Gasteiger partial charge in [-0.3, -0.25) is 9.59 Å². The lowest BCUT2D eigenvalue weighted by molar-refractivity contribution is -0.120. The van der Waals surface area contributed by atoms with E-state index in [2.05, 4.69) is 27.6 Å². The van der Waals surface area contributed by atoms with Crippen molar-refractivity contribution in [2.24, 2.45) is 0 Å². The van der Waals surface area contributed by atoms with Crippen LogP contribution in [-0.4, -0.2) is 22.1 Å². The van der Waals surface area contributed by atoms with Gasteiger partial charge in [0.05, 0.1) is 17.5 Å². The number of fused-ring (bicyclic) bond motifs is 1. The Labute approximate surface area is 173 Å². The highest BCUT2D eigenvalue weighted by Crippen LogP contribution is 2.40. The number of carbonyl (C=O) groups is 1. The van der Waals surface area contributed by atoms with Gasteiger partial charge in [0, 0.05) is 22.9 Å². The fourth-order valence-electron chi connectivity index (χ4n) is 3.98. The Morgan fingerprint density at radius 2 is 1.63 bits per heavy atom. The third-order valence-electron chi connectivity index (χ3n) is 5.65. The zero-order valence-corrected chi connectivity index (χ0v) is 16.3. The van der Waals surface area contributed by atoms with Crippen LogP contribution in [0.15, 0.2) is 83.7 Å². The molecule has 1 heterocycles. The first-order valence-electron chi connectivity index (χ1n) is 10.1. The molecule has 5 rings (SSSR count). The Hall–Kier alpha value is -3.73. The summed E-state index contributed by atoms with van der Waals surface area (Å²) in [4.78, 5) is 24.4. The van der Waals surface area contributed by atoms with E-state index in [-0.39, 0.29) is 17.5 Å². The van der Waals surface area contributed by atoms with Crippen LogP contribution in [-0.2, 0) is 11.2 Å². The van der Waals surface area contributed by atoms with E-state index in [0.29, 0.717) is 17.7 Å². The summed E-state index contributed by atoms with van der Waals surface area (Å²) in [5, 5.41) is 11.4. The number of nitrogens with one attached hydrogen (secondary N) is 2. The van der Waals surface area contributed by atoms with Gasteiger partial charge in [-0.25, -0.2) is 5.10 Å². The molecule has 148 valence electrons. The summed E-state index contributed by atoms with van der Waals surface area (Å²) in [5.74, 6) is 0.468. The summed E-state index contributed by atoms with van der Waals surface area (Å²) < 4.78 is 0. The zero-order chi connectivity index (χ0) is 20.5. The SMILES string of the molecule is O=C(Cc1ccc(-c2n[nH]c(=O)c3ccccc23)cc1)N[C@H]1C[C@@H]1c1ccccc1. The molecule has 0 bridgehead atoms. The fourth-order valence-corrected chi connectivity index (χ4v) is 3.98. The summed E-state index contributed by atoms with van der Waals surface area (Å²) in [5.41, 5.74) is 3.66. The highest BCUT2D eigenvalue weighted by atomic mass is 16.1. The van der Waals surface area contributed by atoms with Crippen molar-refractivity contribution in [1.29, 1.82) is 0 Å². The first kappa shape index (κ1) is 18.3. The minimum atomic E-state index is -0.198. The van der Waals surface area contributed by atoms with Gasteiger partial charge in [0.1, 0.15) is 0 Å². The number of carbonyl (C=O) groups excluding carboxylic acids is 1. The Bertz CT molecular complexity index is 1260. The quantitative estimate of drug-likeness (QED) is 0.540. The van der Waals surface area contributed by atoms with Crippen molar-refractivity contribution in [3.8, 4) is 11.3 Å². The summed E-state index contributed by atoms with van der Waals surface area (Å²) >= 11 is 0. The second kappa shape index (κ2) is 7.59.